The molecule has 0 atom stereocenters. The third-order valence-electron chi connectivity index (χ3n) is 2.51. The average Bonchev–Trinajstić information content (AvgIpc) is 2.24. The number of hydrogen-bond donors (Lipinski definition) is 1. The molecule has 0 amide bonds. The SMILES string of the molecule is Brc1ccc(NC2CCSCC2)c(Br)c1. The van der Waals surface area contributed by atoms with Gasteiger partial charge in [0.2, 0.25) is 0 Å². The molecule has 1 N–H and O–H groups in total. The van der Waals surface area contributed by atoms with Crippen LogP contribution in [0.3, 0.4) is 0 Å². The van der Waals surface area contributed by atoms with Crippen molar-refractivity contribution in [2.75, 3.05) is 16.8 Å². The molecule has 0 aromatic heterocycles. The van der Waals surface area contributed by atoms with Crippen molar-refractivity contribution in [1.29, 1.82) is 0 Å². The molecule has 0 bridgehead atoms. The molecule has 1 saturated heterocycles. The maximum absolute atomic E-state index is 3.60. The zero-order valence-corrected chi connectivity index (χ0v) is 12.3. The summed E-state index contributed by atoms with van der Waals surface area (Å²) in [5, 5.41) is 3.60. The molecular weight excluding hydrogens is 338 g/mol. The predicted octanol–water partition coefficient (Wildman–Crippen LogP) is 4.52. The summed E-state index contributed by atoms with van der Waals surface area (Å²) in [6.07, 6.45) is 2.54. The van der Waals surface area contributed by atoms with Crippen LogP contribution in [0.1, 0.15) is 12.8 Å². The van der Waals surface area contributed by atoms with Gasteiger partial charge in [-0.3, -0.25) is 0 Å². The highest BCUT2D eigenvalue weighted by atomic mass is 79.9. The van der Waals surface area contributed by atoms with Gasteiger partial charge in [0, 0.05) is 20.7 Å². The first-order chi connectivity index (χ1) is 7.25. The van der Waals surface area contributed by atoms with E-state index in [4.69, 9.17) is 0 Å². The van der Waals surface area contributed by atoms with Crippen LogP contribution in [0.15, 0.2) is 27.1 Å². The van der Waals surface area contributed by atoms with Crippen molar-refractivity contribution in [2.24, 2.45) is 0 Å². The second kappa shape index (κ2) is 5.60. The van der Waals surface area contributed by atoms with Crippen LogP contribution in [0.2, 0.25) is 0 Å². The van der Waals surface area contributed by atoms with Gasteiger partial charge in [0.05, 0.1) is 0 Å². The molecular formula is C11H13Br2NS. The summed E-state index contributed by atoms with van der Waals surface area (Å²) in [5.41, 5.74) is 1.20. The van der Waals surface area contributed by atoms with Gasteiger partial charge in [-0.25, -0.2) is 0 Å². The summed E-state index contributed by atoms with van der Waals surface area (Å²) >= 11 is 9.09. The van der Waals surface area contributed by atoms with E-state index < -0.39 is 0 Å². The van der Waals surface area contributed by atoms with E-state index in [2.05, 4.69) is 67.1 Å². The number of benzene rings is 1. The van der Waals surface area contributed by atoms with Gasteiger partial charge in [-0.15, -0.1) is 0 Å². The quantitative estimate of drug-likeness (QED) is 0.841. The molecule has 0 unspecified atom stereocenters. The Hall–Kier alpha value is 0.330. The van der Waals surface area contributed by atoms with Gasteiger partial charge in [-0.1, -0.05) is 15.9 Å². The maximum atomic E-state index is 3.60. The van der Waals surface area contributed by atoms with E-state index in [9.17, 15) is 0 Å². The Kier molecular flexibility index (Phi) is 4.40. The zero-order valence-electron chi connectivity index (χ0n) is 8.30. The molecule has 1 aliphatic rings. The number of nitrogens with one attached hydrogen (secondary N) is 1. The molecule has 1 nitrogen and oxygen atoms in total. The largest absolute Gasteiger partial charge is 0.381 e. The van der Waals surface area contributed by atoms with Crippen molar-refractivity contribution in [3.05, 3.63) is 27.1 Å². The second-order valence-electron chi connectivity index (χ2n) is 3.66. The molecule has 82 valence electrons. The summed E-state index contributed by atoms with van der Waals surface area (Å²) in [6.45, 7) is 0. The van der Waals surface area contributed by atoms with Crippen molar-refractivity contribution >= 4 is 49.3 Å². The van der Waals surface area contributed by atoms with Gasteiger partial charge < -0.3 is 5.32 Å². The van der Waals surface area contributed by atoms with Crippen molar-refractivity contribution in [1.82, 2.24) is 0 Å². The van der Waals surface area contributed by atoms with Gasteiger partial charge in [-0.2, -0.15) is 11.8 Å². The lowest BCUT2D eigenvalue weighted by Gasteiger charge is -2.24. The number of halogens is 2. The van der Waals surface area contributed by atoms with Crippen LogP contribution in [0.5, 0.6) is 0 Å². The van der Waals surface area contributed by atoms with Gasteiger partial charge in [0.25, 0.3) is 0 Å². The topological polar surface area (TPSA) is 12.0 Å². The fraction of sp³-hybridized carbons (Fsp3) is 0.455. The molecule has 0 aliphatic carbocycles. The molecule has 0 radical (unpaired) electrons. The van der Waals surface area contributed by atoms with E-state index in [1.807, 2.05) is 0 Å². The number of hydrogen-bond acceptors (Lipinski definition) is 2. The minimum atomic E-state index is 0.642. The van der Waals surface area contributed by atoms with Crippen molar-refractivity contribution in [3.8, 4) is 0 Å². The highest BCUT2D eigenvalue weighted by Gasteiger charge is 2.14. The van der Waals surface area contributed by atoms with E-state index in [1.165, 1.54) is 30.0 Å². The summed E-state index contributed by atoms with van der Waals surface area (Å²) in [6, 6.07) is 6.92. The third-order valence-corrected chi connectivity index (χ3v) is 4.71. The highest BCUT2D eigenvalue weighted by molar-refractivity contribution is 9.11. The van der Waals surface area contributed by atoms with E-state index in [1.54, 1.807) is 0 Å². The van der Waals surface area contributed by atoms with Gasteiger partial charge in [-0.05, 0) is 58.5 Å². The molecule has 4 heteroatoms. The van der Waals surface area contributed by atoms with E-state index >= 15 is 0 Å². The second-order valence-corrected chi connectivity index (χ2v) is 6.65. The van der Waals surface area contributed by atoms with Crippen LogP contribution < -0.4 is 5.32 Å². The van der Waals surface area contributed by atoms with Crippen molar-refractivity contribution in [2.45, 2.75) is 18.9 Å². The monoisotopic (exact) mass is 349 g/mol. The molecule has 1 aromatic rings. The average molecular weight is 351 g/mol. The van der Waals surface area contributed by atoms with Gasteiger partial charge in [0.15, 0.2) is 0 Å². The first-order valence-electron chi connectivity index (χ1n) is 5.05. The third kappa shape index (κ3) is 3.40. The Balaban J connectivity index is 2.03. The Morgan fingerprint density at radius 3 is 2.60 bits per heavy atom. The number of anilines is 1. The maximum Gasteiger partial charge on any atom is 0.0487 e. The molecule has 2 rings (SSSR count). The predicted molar refractivity (Wildman–Crippen MR) is 75.8 cm³/mol. The van der Waals surface area contributed by atoms with E-state index in [-0.39, 0.29) is 0 Å². The van der Waals surface area contributed by atoms with Crippen LogP contribution in [0, 0.1) is 0 Å². The summed E-state index contributed by atoms with van der Waals surface area (Å²) in [5.74, 6) is 2.57. The highest BCUT2D eigenvalue weighted by Crippen LogP contribution is 2.28. The fourth-order valence-electron chi connectivity index (χ4n) is 1.67. The van der Waals surface area contributed by atoms with Gasteiger partial charge in [0.1, 0.15) is 0 Å². The van der Waals surface area contributed by atoms with Gasteiger partial charge >= 0.3 is 0 Å². The summed E-state index contributed by atoms with van der Waals surface area (Å²) in [4.78, 5) is 0. The van der Waals surface area contributed by atoms with Crippen molar-refractivity contribution < 1.29 is 0 Å². The first kappa shape index (κ1) is 11.8. The summed E-state index contributed by atoms with van der Waals surface area (Å²) in [7, 11) is 0. The Morgan fingerprint density at radius 1 is 1.20 bits per heavy atom. The normalized spacial score (nSPS) is 17.7. The number of thioether (sulfide) groups is 1. The van der Waals surface area contributed by atoms with Crippen LogP contribution in [-0.2, 0) is 0 Å². The lowest BCUT2D eigenvalue weighted by Crippen LogP contribution is -2.24. The Morgan fingerprint density at radius 2 is 1.93 bits per heavy atom. The molecule has 0 saturated carbocycles. The molecule has 1 aromatic carbocycles. The Labute approximate surface area is 112 Å². The summed E-state index contributed by atoms with van der Waals surface area (Å²) < 4.78 is 2.24. The van der Waals surface area contributed by atoms with Crippen LogP contribution >= 0.6 is 43.6 Å². The minimum absolute atomic E-state index is 0.642. The van der Waals surface area contributed by atoms with Crippen molar-refractivity contribution in [3.63, 3.8) is 0 Å². The lowest BCUT2D eigenvalue weighted by atomic mass is 10.1. The van der Waals surface area contributed by atoms with E-state index in [0.717, 1.165) is 8.95 Å². The standard InChI is InChI=1S/C11H13Br2NS/c12-8-1-2-11(10(13)7-8)14-9-3-5-15-6-4-9/h1-2,7,9,14H,3-6H2. The first-order valence-corrected chi connectivity index (χ1v) is 7.79. The molecule has 1 aliphatic heterocycles. The number of rotatable bonds is 2. The molecule has 1 fully saturated rings. The smallest absolute Gasteiger partial charge is 0.0487 e. The Bertz CT molecular complexity index is 337. The van der Waals surface area contributed by atoms with Crippen LogP contribution in [0.4, 0.5) is 5.69 Å². The zero-order chi connectivity index (χ0) is 10.7. The minimum Gasteiger partial charge on any atom is -0.381 e. The molecule has 15 heavy (non-hydrogen) atoms. The van der Waals surface area contributed by atoms with Crippen LogP contribution in [-0.4, -0.2) is 17.5 Å². The lowest BCUT2D eigenvalue weighted by molar-refractivity contribution is 0.666. The molecule has 1 heterocycles. The van der Waals surface area contributed by atoms with Crippen LogP contribution in [0.25, 0.3) is 0 Å². The molecule has 0 spiro atoms. The van der Waals surface area contributed by atoms with E-state index in [0.29, 0.717) is 6.04 Å². The fourth-order valence-corrected chi connectivity index (χ4v) is 3.94.